The lowest BCUT2D eigenvalue weighted by Gasteiger charge is -2.23. The van der Waals surface area contributed by atoms with Gasteiger partial charge in [-0.2, -0.15) is 0 Å². The van der Waals surface area contributed by atoms with Crippen molar-refractivity contribution in [3.63, 3.8) is 0 Å². The van der Waals surface area contributed by atoms with Crippen molar-refractivity contribution in [1.29, 1.82) is 0 Å². The van der Waals surface area contributed by atoms with Crippen LogP contribution in [0.15, 0.2) is 0 Å². The molecule has 0 rings (SSSR count). The molecule has 0 radical (unpaired) electrons. The van der Waals surface area contributed by atoms with E-state index in [1.54, 1.807) is 13.8 Å². The normalized spacial score (nSPS) is 13.7. The molecule has 0 aliphatic rings. The Labute approximate surface area is 90.1 Å². The van der Waals surface area contributed by atoms with Gasteiger partial charge in [0, 0.05) is 19.4 Å². The highest BCUT2D eigenvalue weighted by Crippen LogP contribution is 2.19. The van der Waals surface area contributed by atoms with Crippen molar-refractivity contribution in [2.45, 2.75) is 33.1 Å². The average Bonchev–Trinajstić information content (AvgIpc) is 2.22. The zero-order valence-electron chi connectivity index (χ0n) is 9.17. The Kier molecular flexibility index (Phi) is 5.46. The van der Waals surface area contributed by atoms with Gasteiger partial charge in [-0.25, -0.2) is 0 Å². The lowest BCUT2D eigenvalue weighted by Crippen LogP contribution is -2.40. The Morgan fingerprint density at radius 2 is 2.13 bits per heavy atom. The molecule has 1 atom stereocenters. The topological polar surface area (TPSA) is 66.4 Å². The van der Waals surface area contributed by atoms with Crippen molar-refractivity contribution in [2.75, 3.05) is 6.54 Å². The number of carboxylic acids is 1. The van der Waals surface area contributed by atoms with E-state index in [9.17, 15) is 9.59 Å². The van der Waals surface area contributed by atoms with Crippen molar-refractivity contribution >= 4 is 11.9 Å². The van der Waals surface area contributed by atoms with Gasteiger partial charge < -0.3 is 10.4 Å². The monoisotopic (exact) mass is 211 g/mol. The summed E-state index contributed by atoms with van der Waals surface area (Å²) in [5.74, 6) is 1.25. The van der Waals surface area contributed by atoms with Crippen LogP contribution in [0.25, 0.3) is 0 Å². The van der Waals surface area contributed by atoms with Crippen LogP contribution in [0, 0.1) is 17.8 Å². The van der Waals surface area contributed by atoms with Gasteiger partial charge in [-0.15, -0.1) is 12.3 Å². The fourth-order valence-electron chi connectivity index (χ4n) is 0.920. The van der Waals surface area contributed by atoms with Gasteiger partial charge in [0.05, 0.1) is 5.41 Å². The number of amides is 1. The summed E-state index contributed by atoms with van der Waals surface area (Å²) < 4.78 is 0. The van der Waals surface area contributed by atoms with E-state index in [2.05, 4.69) is 11.2 Å². The Bertz CT molecular complexity index is 280. The van der Waals surface area contributed by atoms with E-state index in [4.69, 9.17) is 11.5 Å². The molecule has 0 aromatic carbocycles. The zero-order chi connectivity index (χ0) is 11.9. The van der Waals surface area contributed by atoms with Crippen molar-refractivity contribution in [1.82, 2.24) is 5.32 Å². The quantitative estimate of drug-likeness (QED) is 0.644. The number of rotatable bonds is 6. The molecule has 0 spiro atoms. The van der Waals surface area contributed by atoms with Crippen LogP contribution in [0.4, 0.5) is 0 Å². The van der Waals surface area contributed by atoms with E-state index >= 15 is 0 Å². The summed E-state index contributed by atoms with van der Waals surface area (Å²) in [6, 6.07) is 0. The maximum absolute atomic E-state index is 11.2. The molecular weight excluding hydrogens is 194 g/mol. The summed E-state index contributed by atoms with van der Waals surface area (Å²) in [5, 5.41) is 11.5. The molecule has 84 valence electrons. The standard InChI is InChI=1S/C11H17NO3/c1-4-6-7-9(13)12-8-11(3,5-2)10(14)15/h1H,5-8H2,2-3H3,(H,12,13)(H,14,15). The number of terminal acetylenes is 1. The largest absolute Gasteiger partial charge is 0.481 e. The van der Waals surface area contributed by atoms with Crippen LogP contribution in [0.2, 0.25) is 0 Å². The van der Waals surface area contributed by atoms with Crippen LogP contribution in [-0.4, -0.2) is 23.5 Å². The van der Waals surface area contributed by atoms with Gasteiger partial charge in [0.1, 0.15) is 0 Å². The van der Waals surface area contributed by atoms with E-state index in [-0.39, 0.29) is 18.9 Å². The van der Waals surface area contributed by atoms with E-state index in [0.717, 1.165) is 0 Å². The molecule has 1 amide bonds. The maximum atomic E-state index is 11.2. The second-order valence-electron chi connectivity index (χ2n) is 3.70. The predicted octanol–water partition coefficient (Wildman–Crippen LogP) is 1.02. The molecule has 4 nitrogen and oxygen atoms in total. The van der Waals surface area contributed by atoms with Crippen molar-refractivity contribution < 1.29 is 14.7 Å². The van der Waals surface area contributed by atoms with E-state index in [1.165, 1.54) is 0 Å². The Balaban J connectivity index is 4.08. The molecular formula is C11H17NO3. The lowest BCUT2D eigenvalue weighted by atomic mass is 9.88. The molecule has 1 unspecified atom stereocenters. The first-order valence-corrected chi connectivity index (χ1v) is 4.90. The van der Waals surface area contributed by atoms with Crippen molar-refractivity contribution in [3.05, 3.63) is 0 Å². The third-order valence-corrected chi connectivity index (χ3v) is 2.47. The van der Waals surface area contributed by atoms with Crippen LogP contribution in [-0.2, 0) is 9.59 Å². The van der Waals surface area contributed by atoms with E-state index in [0.29, 0.717) is 12.8 Å². The molecule has 0 aromatic rings. The van der Waals surface area contributed by atoms with Crippen LogP contribution in [0.1, 0.15) is 33.1 Å². The SMILES string of the molecule is C#CCCC(=O)NCC(C)(CC)C(=O)O. The molecule has 0 bridgehead atoms. The highest BCUT2D eigenvalue weighted by Gasteiger charge is 2.31. The summed E-state index contributed by atoms with van der Waals surface area (Å²) in [6.07, 6.45) is 6.10. The van der Waals surface area contributed by atoms with Gasteiger partial charge in [0.15, 0.2) is 0 Å². The predicted molar refractivity (Wildman–Crippen MR) is 57.1 cm³/mol. The number of carbonyl (C=O) groups is 2. The minimum absolute atomic E-state index is 0.141. The molecule has 2 N–H and O–H groups in total. The summed E-state index contributed by atoms with van der Waals surface area (Å²) in [5.41, 5.74) is -0.897. The molecule has 15 heavy (non-hydrogen) atoms. The third kappa shape index (κ3) is 4.50. The Morgan fingerprint density at radius 1 is 1.53 bits per heavy atom. The molecule has 0 heterocycles. The van der Waals surface area contributed by atoms with Gasteiger partial charge in [-0.1, -0.05) is 6.92 Å². The minimum Gasteiger partial charge on any atom is -0.481 e. The molecule has 0 aliphatic heterocycles. The van der Waals surface area contributed by atoms with Gasteiger partial charge in [0.2, 0.25) is 5.91 Å². The number of hydrogen-bond acceptors (Lipinski definition) is 2. The van der Waals surface area contributed by atoms with Crippen LogP contribution < -0.4 is 5.32 Å². The average molecular weight is 211 g/mol. The summed E-state index contributed by atoms with van der Waals surface area (Å²) in [7, 11) is 0. The smallest absolute Gasteiger partial charge is 0.311 e. The Morgan fingerprint density at radius 3 is 2.53 bits per heavy atom. The number of nitrogens with one attached hydrogen (secondary N) is 1. The number of aliphatic carboxylic acids is 1. The minimum atomic E-state index is -0.901. The van der Waals surface area contributed by atoms with Gasteiger partial charge in [-0.05, 0) is 13.3 Å². The number of carbonyl (C=O) groups excluding carboxylic acids is 1. The highest BCUT2D eigenvalue weighted by atomic mass is 16.4. The van der Waals surface area contributed by atoms with Gasteiger partial charge >= 0.3 is 5.97 Å². The fourth-order valence-corrected chi connectivity index (χ4v) is 0.920. The zero-order valence-corrected chi connectivity index (χ0v) is 9.17. The van der Waals surface area contributed by atoms with Crippen LogP contribution >= 0.6 is 0 Å². The number of hydrogen-bond donors (Lipinski definition) is 2. The molecule has 0 saturated heterocycles. The number of carboxylic acid groups (broad SMARTS) is 1. The second kappa shape index (κ2) is 6.07. The summed E-state index contributed by atoms with van der Waals surface area (Å²) in [4.78, 5) is 22.1. The summed E-state index contributed by atoms with van der Waals surface area (Å²) in [6.45, 7) is 3.53. The molecule has 4 heteroatoms. The van der Waals surface area contributed by atoms with Gasteiger partial charge in [-0.3, -0.25) is 9.59 Å². The van der Waals surface area contributed by atoms with Crippen molar-refractivity contribution in [2.24, 2.45) is 5.41 Å². The third-order valence-electron chi connectivity index (χ3n) is 2.47. The fraction of sp³-hybridized carbons (Fsp3) is 0.636. The maximum Gasteiger partial charge on any atom is 0.311 e. The van der Waals surface area contributed by atoms with Crippen molar-refractivity contribution in [3.8, 4) is 12.3 Å². The van der Waals surface area contributed by atoms with E-state index in [1.807, 2.05) is 0 Å². The van der Waals surface area contributed by atoms with E-state index < -0.39 is 11.4 Å². The highest BCUT2D eigenvalue weighted by molar-refractivity contribution is 5.78. The van der Waals surface area contributed by atoms with Crippen LogP contribution in [0.3, 0.4) is 0 Å². The lowest BCUT2D eigenvalue weighted by molar-refractivity contribution is -0.148. The first kappa shape index (κ1) is 13.5. The Hall–Kier alpha value is -1.50. The summed E-state index contributed by atoms with van der Waals surface area (Å²) >= 11 is 0. The molecule has 0 fully saturated rings. The van der Waals surface area contributed by atoms with Gasteiger partial charge in [0.25, 0.3) is 0 Å². The molecule has 0 aliphatic carbocycles. The first-order chi connectivity index (χ1) is 6.96. The molecule has 0 saturated carbocycles. The first-order valence-electron chi connectivity index (χ1n) is 4.90. The van der Waals surface area contributed by atoms with Crippen LogP contribution in [0.5, 0.6) is 0 Å². The second-order valence-corrected chi connectivity index (χ2v) is 3.70. The molecule has 0 aromatic heterocycles.